The van der Waals surface area contributed by atoms with Gasteiger partial charge in [-0.3, -0.25) is 14.3 Å². The Morgan fingerprint density at radius 1 is 1.48 bits per heavy atom. The molecule has 1 atom stereocenters. The van der Waals surface area contributed by atoms with Crippen LogP contribution in [0.1, 0.15) is 33.1 Å². The average molecular weight is 349 g/mol. The SMILES string of the molecule is CC(C)(C(=O)Nc1cnn(CCN2CCCC2=O)c1)C1(O)CCNC1. The molecule has 3 heterocycles. The van der Waals surface area contributed by atoms with Crippen LogP contribution < -0.4 is 10.6 Å². The normalized spacial score (nSPS) is 24.1. The molecule has 1 aromatic heterocycles. The summed E-state index contributed by atoms with van der Waals surface area (Å²) in [7, 11) is 0. The van der Waals surface area contributed by atoms with E-state index in [1.54, 1.807) is 30.9 Å². The van der Waals surface area contributed by atoms with Gasteiger partial charge >= 0.3 is 0 Å². The number of nitrogens with one attached hydrogen (secondary N) is 2. The molecule has 138 valence electrons. The number of aliphatic hydroxyl groups is 1. The van der Waals surface area contributed by atoms with Gasteiger partial charge in [-0.25, -0.2) is 0 Å². The fourth-order valence-corrected chi connectivity index (χ4v) is 3.42. The highest BCUT2D eigenvalue weighted by atomic mass is 16.3. The lowest BCUT2D eigenvalue weighted by Crippen LogP contribution is -2.53. The first-order chi connectivity index (χ1) is 11.8. The first-order valence-electron chi connectivity index (χ1n) is 8.87. The quantitative estimate of drug-likeness (QED) is 0.681. The summed E-state index contributed by atoms with van der Waals surface area (Å²) < 4.78 is 1.72. The second kappa shape index (κ2) is 6.76. The molecule has 2 fully saturated rings. The van der Waals surface area contributed by atoms with E-state index in [0.29, 0.717) is 44.7 Å². The first kappa shape index (κ1) is 17.9. The summed E-state index contributed by atoms with van der Waals surface area (Å²) >= 11 is 0. The Labute approximate surface area is 147 Å². The highest BCUT2D eigenvalue weighted by Gasteiger charge is 2.50. The first-order valence-corrected chi connectivity index (χ1v) is 8.87. The molecule has 0 aliphatic carbocycles. The van der Waals surface area contributed by atoms with Crippen molar-refractivity contribution in [3.63, 3.8) is 0 Å². The van der Waals surface area contributed by atoms with Crippen molar-refractivity contribution in [2.75, 3.05) is 31.5 Å². The highest BCUT2D eigenvalue weighted by molar-refractivity contribution is 5.95. The van der Waals surface area contributed by atoms with E-state index in [2.05, 4.69) is 15.7 Å². The van der Waals surface area contributed by atoms with E-state index in [1.165, 1.54) is 0 Å². The predicted octanol–water partition coefficient (Wildman–Crippen LogP) is 0.195. The minimum Gasteiger partial charge on any atom is -0.387 e. The number of β-amino-alcohol motifs (C(OH)–C–C–N with tert-alkyl or cyclic N) is 1. The smallest absolute Gasteiger partial charge is 0.233 e. The molecule has 3 rings (SSSR count). The van der Waals surface area contributed by atoms with Gasteiger partial charge in [0.1, 0.15) is 0 Å². The fraction of sp³-hybridized carbons (Fsp3) is 0.706. The van der Waals surface area contributed by atoms with E-state index < -0.39 is 11.0 Å². The maximum atomic E-state index is 12.7. The number of aromatic nitrogens is 2. The van der Waals surface area contributed by atoms with Crippen LogP contribution in [0.25, 0.3) is 0 Å². The molecular weight excluding hydrogens is 322 g/mol. The second-order valence-electron chi connectivity index (χ2n) is 7.51. The molecule has 0 spiro atoms. The Kier molecular flexibility index (Phi) is 4.83. The number of hydrogen-bond donors (Lipinski definition) is 3. The minimum atomic E-state index is -1.05. The van der Waals surface area contributed by atoms with Crippen LogP contribution in [0.15, 0.2) is 12.4 Å². The summed E-state index contributed by atoms with van der Waals surface area (Å²) in [5, 5.41) is 20.9. The van der Waals surface area contributed by atoms with Crippen molar-refractivity contribution in [2.24, 2.45) is 5.41 Å². The Morgan fingerprint density at radius 2 is 2.28 bits per heavy atom. The third-order valence-corrected chi connectivity index (χ3v) is 5.53. The van der Waals surface area contributed by atoms with E-state index in [9.17, 15) is 14.7 Å². The monoisotopic (exact) mass is 349 g/mol. The van der Waals surface area contributed by atoms with Gasteiger partial charge < -0.3 is 20.6 Å². The predicted molar refractivity (Wildman–Crippen MR) is 92.9 cm³/mol. The molecular formula is C17H27N5O3. The largest absolute Gasteiger partial charge is 0.387 e. The summed E-state index contributed by atoms with van der Waals surface area (Å²) in [5.41, 5.74) is -1.37. The molecule has 0 radical (unpaired) electrons. The van der Waals surface area contributed by atoms with E-state index in [0.717, 1.165) is 13.0 Å². The van der Waals surface area contributed by atoms with E-state index in [1.807, 2.05) is 4.90 Å². The maximum Gasteiger partial charge on any atom is 0.233 e. The Hall–Kier alpha value is -1.93. The van der Waals surface area contributed by atoms with Crippen LogP contribution in [0.2, 0.25) is 0 Å². The molecule has 2 saturated heterocycles. The van der Waals surface area contributed by atoms with E-state index in [-0.39, 0.29) is 11.8 Å². The number of carbonyl (C=O) groups excluding carboxylic acids is 2. The number of nitrogens with zero attached hydrogens (tertiary/aromatic N) is 3. The number of amides is 2. The third kappa shape index (κ3) is 3.55. The van der Waals surface area contributed by atoms with Crippen LogP contribution in [0, 0.1) is 5.41 Å². The molecule has 25 heavy (non-hydrogen) atoms. The van der Waals surface area contributed by atoms with Gasteiger partial charge in [0.05, 0.1) is 29.4 Å². The number of carbonyl (C=O) groups is 2. The van der Waals surface area contributed by atoms with Crippen molar-refractivity contribution in [1.82, 2.24) is 20.0 Å². The Bertz CT molecular complexity index is 648. The van der Waals surface area contributed by atoms with Gasteiger partial charge in [-0.05, 0) is 33.2 Å². The summed E-state index contributed by atoms with van der Waals surface area (Å²) in [5.74, 6) is -0.0335. The van der Waals surface area contributed by atoms with Crippen molar-refractivity contribution in [1.29, 1.82) is 0 Å². The molecule has 3 N–H and O–H groups in total. The molecule has 8 nitrogen and oxygen atoms in total. The van der Waals surface area contributed by atoms with Crippen molar-refractivity contribution in [3.05, 3.63) is 12.4 Å². The second-order valence-corrected chi connectivity index (χ2v) is 7.51. The van der Waals surface area contributed by atoms with Crippen molar-refractivity contribution >= 4 is 17.5 Å². The Balaban J connectivity index is 1.57. The topological polar surface area (TPSA) is 99.5 Å². The molecule has 1 aromatic rings. The van der Waals surface area contributed by atoms with Gasteiger partial charge in [-0.2, -0.15) is 5.10 Å². The van der Waals surface area contributed by atoms with Crippen molar-refractivity contribution in [2.45, 2.75) is 45.3 Å². The summed E-state index contributed by atoms with van der Waals surface area (Å²) in [6.07, 6.45) is 5.46. The summed E-state index contributed by atoms with van der Waals surface area (Å²) in [6.45, 7) is 6.68. The van der Waals surface area contributed by atoms with E-state index in [4.69, 9.17) is 0 Å². The lowest BCUT2D eigenvalue weighted by molar-refractivity contribution is -0.138. The maximum absolute atomic E-state index is 12.7. The lowest BCUT2D eigenvalue weighted by atomic mass is 9.73. The lowest BCUT2D eigenvalue weighted by Gasteiger charge is -2.37. The minimum absolute atomic E-state index is 0.195. The molecule has 2 aliphatic rings. The standard InChI is InChI=1S/C17H27N5O3/c1-16(2,17(25)5-6-18-12-17)15(24)20-13-10-19-22(11-13)9-8-21-7-3-4-14(21)23/h10-11,18,25H,3-9,12H2,1-2H3,(H,20,24). The highest BCUT2D eigenvalue weighted by Crippen LogP contribution is 2.36. The molecule has 2 aliphatic heterocycles. The van der Waals surface area contributed by atoms with Crippen LogP contribution in [0.5, 0.6) is 0 Å². The van der Waals surface area contributed by atoms with Crippen LogP contribution in [-0.2, 0) is 16.1 Å². The van der Waals surface area contributed by atoms with Crippen LogP contribution in [0.3, 0.4) is 0 Å². The van der Waals surface area contributed by atoms with E-state index >= 15 is 0 Å². The molecule has 0 aromatic carbocycles. The number of likely N-dealkylation sites (tertiary alicyclic amines) is 1. The van der Waals surface area contributed by atoms with Crippen LogP contribution in [-0.4, -0.2) is 63.4 Å². The zero-order chi connectivity index (χ0) is 18.1. The van der Waals surface area contributed by atoms with Gasteiger partial charge in [0.15, 0.2) is 0 Å². The number of hydrogen-bond acceptors (Lipinski definition) is 5. The van der Waals surface area contributed by atoms with Gasteiger partial charge in [0.25, 0.3) is 0 Å². The molecule has 0 bridgehead atoms. The fourth-order valence-electron chi connectivity index (χ4n) is 3.42. The van der Waals surface area contributed by atoms with Gasteiger partial charge in [0, 0.05) is 32.3 Å². The average Bonchev–Trinajstić information content (AvgIpc) is 3.28. The molecule has 2 amide bonds. The Morgan fingerprint density at radius 3 is 2.92 bits per heavy atom. The van der Waals surface area contributed by atoms with Gasteiger partial charge in [0.2, 0.25) is 11.8 Å². The van der Waals surface area contributed by atoms with Crippen LogP contribution in [0.4, 0.5) is 5.69 Å². The van der Waals surface area contributed by atoms with Crippen molar-refractivity contribution in [3.8, 4) is 0 Å². The summed E-state index contributed by atoms with van der Waals surface area (Å²) in [4.78, 5) is 26.1. The van der Waals surface area contributed by atoms with Crippen LogP contribution >= 0.6 is 0 Å². The molecule has 8 heteroatoms. The number of anilines is 1. The molecule has 1 unspecified atom stereocenters. The summed E-state index contributed by atoms with van der Waals surface area (Å²) in [6, 6.07) is 0. The third-order valence-electron chi connectivity index (χ3n) is 5.53. The number of rotatable bonds is 6. The zero-order valence-corrected chi connectivity index (χ0v) is 14.9. The zero-order valence-electron chi connectivity index (χ0n) is 14.9. The molecule has 0 saturated carbocycles. The van der Waals surface area contributed by atoms with Gasteiger partial charge in [-0.1, -0.05) is 0 Å². The van der Waals surface area contributed by atoms with Gasteiger partial charge in [-0.15, -0.1) is 0 Å². The van der Waals surface area contributed by atoms with Crippen molar-refractivity contribution < 1.29 is 14.7 Å².